The molecule has 200 valence electrons. The summed E-state index contributed by atoms with van der Waals surface area (Å²) < 4.78 is 4.44. The van der Waals surface area contributed by atoms with Crippen molar-refractivity contribution in [1.29, 1.82) is 10.5 Å². The highest BCUT2D eigenvalue weighted by Crippen LogP contribution is 2.44. The summed E-state index contributed by atoms with van der Waals surface area (Å²) >= 11 is 0. The second kappa shape index (κ2) is 9.81. The number of nitriles is 2. The van der Waals surface area contributed by atoms with Gasteiger partial charge < -0.3 is 9.13 Å². The summed E-state index contributed by atoms with van der Waals surface area (Å²) in [6, 6.07) is 36.0. The molecular formula is C39H24N4. The summed E-state index contributed by atoms with van der Waals surface area (Å²) in [5, 5.41) is 24.4. The summed E-state index contributed by atoms with van der Waals surface area (Å²) in [5.41, 5.74) is 9.87. The molecule has 0 saturated carbocycles. The van der Waals surface area contributed by atoms with E-state index in [-0.39, 0.29) is 0 Å². The van der Waals surface area contributed by atoms with Gasteiger partial charge in [-0.2, -0.15) is 10.5 Å². The van der Waals surface area contributed by atoms with E-state index < -0.39 is 0 Å². The third-order valence-electron chi connectivity index (χ3n) is 8.54. The Kier molecular flexibility index (Phi) is 5.65. The Bertz CT molecular complexity index is 2340. The number of hydrogen-bond donors (Lipinski definition) is 0. The van der Waals surface area contributed by atoms with E-state index in [1.165, 1.54) is 0 Å². The Labute approximate surface area is 249 Å². The molecule has 2 aromatic heterocycles. The highest BCUT2D eigenvalue weighted by atomic mass is 15.0. The molecule has 8 rings (SSSR count). The van der Waals surface area contributed by atoms with Crippen LogP contribution in [0.3, 0.4) is 0 Å². The number of fused-ring (bicyclic) bond motifs is 6. The van der Waals surface area contributed by atoms with Crippen molar-refractivity contribution in [2.24, 2.45) is 0 Å². The maximum absolute atomic E-state index is 10.5. The maximum atomic E-state index is 10.5. The number of allylic oxidation sites excluding steroid dienone is 5. The van der Waals surface area contributed by atoms with E-state index in [2.05, 4.69) is 106 Å². The van der Waals surface area contributed by atoms with Crippen LogP contribution in [0.5, 0.6) is 0 Å². The molecule has 4 aromatic carbocycles. The van der Waals surface area contributed by atoms with Gasteiger partial charge in [0, 0.05) is 33.7 Å². The fourth-order valence-electron chi connectivity index (χ4n) is 6.81. The number of nitrogens with zero attached hydrogens (tertiary/aromatic N) is 4. The van der Waals surface area contributed by atoms with Gasteiger partial charge in [-0.05, 0) is 54.7 Å². The Morgan fingerprint density at radius 2 is 1.37 bits per heavy atom. The zero-order chi connectivity index (χ0) is 28.9. The summed E-state index contributed by atoms with van der Waals surface area (Å²) in [6.07, 6.45) is 8.38. The van der Waals surface area contributed by atoms with Crippen LogP contribution in [0.15, 0.2) is 109 Å². The molecule has 0 radical (unpaired) electrons. The molecule has 6 aromatic rings. The van der Waals surface area contributed by atoms with Gasteiger partial charge in [-0.15, -0.1) is 0 Å². The van der Waals surface area contributed by atoms with Gasteiger partial charge in [-0.3, -0.25) is 0 Å². The molecule has 2 heterocycles. The van der Waals surface area contributed by atoms with Gasteiger partial charge in [0.15, 0.2) is 0 Å². The van der Waals surface area contributed by atoms with E-state index in [0.717, 1.165) is 66.5 Å². The minimum absolute atomic E-state index is 0.577. The average Bonchev–Trinajstić information content (AvgIpc) is 3.44. The van der Waals surface area contributed by atoms with E-state index in [9.17, 15) is 10.5 Å². The lowest BCUT2D eigenvalue weighted by molar-refractivity contribution is 1.01. The monoisotopic (exact) mass is 548 g/mol. The highest BCUT2D eigenvalue weighted by Gasteiger charge is 2.28. The smallest absolute Gasteiger partial charge is 0.105 e. The van der Waals surface area contributed by atoms with Crippen LogP contribution in [-0.2, 0) is 0 Å². The second-order valence-electron chi connectivity index (χ2n) is 10.8. The van der Waals surface area contributed by atoms with Gasteiger partial charge in [-0.25, -0.2) is 0 Å². The molecule has 43 heavy (non-hydrogen) atoms. The van der Waals surface area contributed by atoms with Crippen molar-refractivity contribution in [2.75, 3.05) is 0 Å². The van der Waals surface area contributed by atoms with Crippen LogP contribution < -0.4 is 0 Å². The number of hydrogen-bond acceptors (Lipinski definition) is 2. The Hall–Kier alpha value is -6.02. The number of aromatic nitrogens is 2. The van der Waals surface area contributed by atoms with Crippen molar-refractivity contribution < 1.29 is 0 Å². The Balaban J connectivity index is 1.54. The van der Waals surface area contributed by atoms with E-state index in [4.69, 9.17) is 0 Å². The van der Waals surface area contributed by atoms with E-state index in [1.807, 2.05) is 36.4 Å². The summed E-state index contributed by atoms with van der Waals surface area (Å²) in [6.45, 7) is 0. The standard InChI is InChI=1S/C39H24N4/c40-24-26-12-11-23-37(42-33-19-3-1-2-14-28(33)29-15-4-7-20-34(29)42)38(26)32-18-10-13-27(25-41)39(32)43-35-21-8-5-16-30(35)31-17-6-9-22-36(31)43/h2,4-9,11-17,20-23H,1,10,18H2. The first-order valence-electron chi connectivity index (χ1n) is 14.4. The van der Waals surface area contributed by atoms with Crippen molar-refractivity contribution in [2.45, 2.75) is 19.3 Å². The molecule has 0 spiro atoms. The summed E-state index contributed by atoms with van der Waals surface area (Å²) in [4.78, 5) is 0. The third kappa shape index (κ3) is 3.63. The lowest BCUT2D eigenvalue weighted by Crippen LogP contribution is -2.11. The second-order valence-corrected chi connectivity index (χ2v) is 10.8. The Morgan fingerprint density at radius 1 is 0.698 bits per heavy atom. The molecule has 4 nitrogen and oxygen atoms in total. The SMILES string of the molecule is N#CC1=CCCC(c2c(C#N)cccc2-n2c3c(c4ccccc42)C=CCC#C3)=C1n1c2ccccc2c2ccccc21. The molecule has 0 saturated heterocycles. The van der Waals surface area contributed by atoms with Gasteiger partial charge in [0.1, 0.15) is 11.8 Å². The predicted molar refractivity (Wildman–Crippen MR) is 174 cm³/mol. The van der Waals surface area contributed by atoms with Crippen LogP contribution >= 0.6 is 0 Å². The molecular weight excluding hydrogens is 524 g/mol. The van der Waals surface area contributed by atoms with Crippen molar-refractivity contribution in [3.8, 4) is 29.7 Å². The molecule has 0 amide bonds. The minimum Gasteiger partial charge on any atom is -0.308 e. The minimum atomic E-state index is 0.577. The predicted octanol–water partition coefficient (Wildman–Crippen LogP) is 8.99. The normalized spacial score (nSPS) is 14.1. The van der Waals surface area contributed by atoms with Crippen molar-refractivity contribution in [1.82, 2.24) is 9.13 Å². The number of benzene rings is 4. The van der Waals surface area contributed by atoms with Crippen LogP contribution in [0.4, 0.5) is 0 Å². The average molecular weight is 549 g/mol. The maximum Gasteiger partial charge on any atom is 0.105 e. The van der Waals surface area contributed by atoms with Crippen LogP contribution in [-0.4, -0.2) is 9.13 Å². The topological polar surface area (TPSA) is 57.4 Å². The number of rotatable bonds is 3. The lowest BCUT2D eigenvalue weighted by atomic mass is 9.87. The van der Waals surface area contributed by atoms with Crippen LogP contribution in [0.1, 0.15) is 41.6 Å². The highest BCUT2D eigenvalue weighted by molar-refractivity contribution is 6.13. The van der Waals surface area contributed by atoms with Gasteiger partial charge in [-0.1, -0.05) is 84.8 Å². The molecule has 0 unspecified atom stereocenters. The molecule has 0 aliphatic heterocycles. The van der Waals surface area contributed by atoms with E-state index >= 15 is 0 Å². The number of para-hydroxylation sites is 3. The summed E-state index contributed by atoms with van der Waals surface area (Å²) in [7, 11) is 0. The summed E-state index contributed by atoms with van der Waals surface area (Å²) in [5.74, 6) is 6.74. The van der Waals surface area contributed by atoms with Crippen molar-refractivity contribution in [3.63, 3.8) is 0 Å². The van der Waals surface area contributed by atoms with Gasteiger partial charge in [0.25, 0.3) is 0 Å². The third-order valence-corrected chi connectivity index (χ3v) is 8.54. The van der Waals surface area contributed by atoms with Gasteiger partial charge >= 0.3 is 0 Å². The lowest BCUT2D eigenvalue weighted by Gasteiger charge is -2.25. The van der Waals surface area contributed by atoms with Crippen LogP contribution in [0, 0.1) is 34.5 Å². The zero-order valence-electron chi connectivity index (χ0n) is 23.3. The van der Waals surface area contributed by atoms with Crippen molar-refractivity contribution in [3.05, 3.63) is 131 Å². The van der Waals surface area contributed by atoms with Crippen LogP contribution in [0.25, 0.3) is 55.7 Å². The molecule has 0 bridgehead atoms. The largest absolute Gasteiger partial charge is 0.308 e. The van der Waals surface area contributed by atoms with E-state index in [0.29, 0.717) is 30.4 Å². The molecule has 2 aliphatic carbocycles. The van der Waals surface area contributed by atoms with Crippen LogP contribution in [0.2, 0.25) is 0 Å². The zero-order valence-corrected chi connectivity index (χ0v) is 23.3. The van der Waals surface area contributed by atoms with Gasteiger partial charge in [0.05, 0.1) is 45.1 Å². The first-order valence-corrected chi connectivity index (χ1v) is 14.4. The Morgan fingerprint density at radius 3 is 2.07 bits per heavy atom. The van der Waals surface area contributed by atoms with Gasteiger partial charge in [0.2, 0.25) is 0 Å². The van der Waals surface area contributed by atoms with E-state index in [1.54, 1.807) is 0 Å². The molecule has 4 heteroatoms. The van der Waals surface area contributed by atoms with Crippen molar-refractivity contribution >= 4 is 50.1 Å². The first-order chi connectivity index (χ1) is 21.3. The molecule has 0 N–H and O–H groups in total. The quantitative estimate of drug-likeness (QED) is 0.207. The molecule has 0 fully saturated rings. The fourth-order valence-corrected chi connectivity index (χ4v) is 6.81. The molecule has 0 atom stereocenters. The first kappa shape index (κ1) is 24.8. The fraction of sp³-hybridized carbons (Fsp3) is 0.0769. The molecule has 2 aliphatic rings.